The van der Waals surface area contributed by atoms with E-state index in [1.54, 1.807) is 0 Å². The van der Waals surface area contributed by atoms with Crippen molar-refractivity contribution in [1.29, 1.82) is 0 Å². The summed E-state index contributed by atoms with van der Waals surface area (Å²) >= 11 is 0. The number of rotatable bonds is 1. The predicted molar refractivity (Wildman–Crippen MR) is 57.1 cm³/mol. The minimum absolute atomic E-state index is 0.0364. The molecule has 0 unspecified atom stereocenters. The van der Waals surface area contributed by atoms with E-state index in [1.165, 1.54) is 6.42 Å². The van der Waals surface area contributed by atoms with Crippen LogP contribution in [0.15, 0.2) is 12.2 Å². The lowest BCUT2D eigenvalue weighted by atomic mass is 9.93. The molecule has 0 bridgehead atoms. The molecule has 1 aliphatic carbocycles. The van der Waals surface area contributed by atoms with Gasteiger partial charge in [-0.25, -0.2) is 9.78 Å². The van der Waals surface area contributed by atoms with Gasteiger partial charge in [0.1, 0.15) is 6.10 Å². The lowest BCUT2D eigenvalue weighted by Crippen LogP contribution is -2.50. The SMILES string of the molecule is C=C(C)[C@H]1OOC2(CCCCC2)O[C@@H]1C. The van der Waals surface area contributed by atoms with Gasteiger partial charge in [0.15, 0.2) is 0 Å². The second-order valence-corrected chi connectivity index (χ2v) is 4.74. The molecule has 1 heterocycles. The summed E-state index contributed by atoms with van der Waals surface area (Å²) < 4.78 is 5.98. The van der Waals surface area contributed by atoms with Gasteiger partial charge in [-0.1, -0.05) is 13.0 Å². The molecule has 0 radical (unpaired) electrons. The molecule has 0 aromatic rings. The van der Waals surface area contributed by atoms with Crippen LogP contribution in [-0.4, -0.2) is 18.0 Å². The Hall–Kier alpha value is -0.380. The van der Waals surface area contributed by atoms with E-state index in [4.69, 9.17) is 14.5 Å². The molecule has 86 valence electrons. The van der Waals surface area contributed by atoms with E-state index >= 15 is 0 Å². The van der Waals surface area contributed by atoms with Crippen LogP contribution in [-0.2, 0) is 14.5 Å². The first-order valence-electron chi connectivity index (χ1n) is 5.81. The van der Waals surface area contributed by atoms with E-state index in [0.717, 1.165) is 31.3 Å². The first kappa shape index (κ1) is 11.1. The summed E-state index contributed by atoms with van der Waals surface area (Å²) in [6.07, 6.45) is 5.39. The van der Waals surface area contributed by atoms with E-state index in [1.807, 2.05) is 13.8 Å². The first-order valence-corrected chi connectivity index (χ1v) is 5.81. The molecule has 2 fully saturated rings. The van der Waals surface area contributed by atoms with Gasteiger partial charge >= 0.3 is 0 Å². The summed E-state index contributed by atoms with van der Waals surface area (Å²) in [4.78, 5) is 10.9. The number of hydrogen-bond acceptors (Lipinski definition) is 3. The van der Waals surface area contributed by atoms with Gasteiger partial charge in [0.25, 0.3) is 0 Å². The zero-order valence-electron chi connectivity index (χ0n) is 9.62. The molecular weight excluding hydrogens is 192 g/mol. The summed E-state index contributed by atoms with van der Waals surface area (Å²) in [7, 11) is 0. The highest BCUT2D eigenvalue weighted by atomic mass is 17.2. The maximum Gasteiger partial charge on any atom is 0.201 e. The van der Waals surface area contributed by atoms with Crippen molar-refractivity contribution in [1.82, 2.24) is 0 Å². The van der Waals surface area contributed by atoms with Crippen molar-refractivity contribution in [3.05, 3.63) is 12.2 Å². The molecule has 1 spiro atoms. The van der Waals surface area contributed by atoms with E-state index in [9.17, 15) is 0 Å². The van der Waals surface area contributed by atoms with Crippen LogP contribution in [0.25, 0.3) is 0 Å². The molecule has 1 saturated carbocycles. The molecule has 15 heavy (non-hydrogen) atoms. The summed E-state index contributed by atoms with van der Waals surface area (Å²) in [6.45, 7) is 7.84. The van der Waals surface area contributed by atoms with Gasteiger partial charge < -0.3 is 4.74 Å². The quantitative estimate of drug-likeness (QED) is 0.494. The summed E-state index contributed by atoms with van der Waals surface area (Å²) in [5, 5.41) is 0. The van der Waals surface area contributed by atoms with Crippen LogP contribution < -0.4 is 0 Å². The van der Waals surface area contributed by atoms with Crippen LogP contribution in [0.3, 0.4) is 0 Å². The van der Waals surface area contributed by atoms with E-state index < -0.39 is 5.79 Å². The third-order valence-electron chi connectivity index (χ3n) is 3.23. The number of ether oxygens (including phenoxy) is 1. The summed E-state index contributed by atoms with van der Waals surface area (Å²) in [5.41, 5.74) is 0.952. The lowest BCUT2D eigenvalue weighted by Gasteiger charge is -2.44. The highest BCUT2D eigenvalue weighted by Gasteiger charge is 2.43. The van der Waals surface area contributed by atoms with Gasteiger partial charge in [-0.2, -0.15) is 0 Å². The Morgan fingerprint density at radius 2 is 1.93 bits per heavy atom. The summed E-state index contributed by atoms with van der Waals surface area (Å²) in [5.74, 6) is -0.469. The van der Waals surface area contributed by atoms with Crippen LogP contribution in [0.5, 0.6) is 0 Å². The first-order chi connectivity index (χ1) is 7.13. The van der Waals surface area contributed by atoms with Crippen molar-refractivity contribution in [3.8, 4) is 0 Å². The normalized spacial score (nSPS) is 35.3. The average molecular weight is 212 g/mol. The Kier molecular flexibility index (Phi) is 3.14. The van der Waals surface area contributed by atoms with Crippen LogP contribution >= 0.6 is 0 Å². The molecule has 2 rings (SSSR count). The zero-order valence-corrected chi connectivity index (χ0v) is 9.62. The maximum absolute atomic E-state index is 5.98. The molecule has 3 nitrogen and oxygen atoms in total. The van der Waals surface area contributed by atoms with Gasteiger partial charge in [0.2, 0.25) is 5.79 Å². The Labute approximate surface area is 91.3 Å². The number of hydrogen-bond donors (Lipinski definition) is 0. The topological polar surface area (TPSA) is 27.7 Å². The fourth-order valence-corrected chi connectivity index (χ4v) is 2.41. The molecule has 0 N–H and O–H groups in total. The van der Waals surface area contributed by atoms with Crippen LogP contribution in [0.4, 0.5) is 0 Å². The Morgan fingerprint density at radius 1 is 1.27 bits per heavy atom. The Morgan fingerprint density at radius 3 is 2.47 bits per heavy atom. The average Bonchev–Trinajstić information content (AvgIpc) is 2.18. The minimum Gasteiger partial charge on any atom is -0.341 e. The fourth-order valence-electron chi connectivity index (χ4n) is 2.41. The van der Waals surface area contributed by atoms with Crippen LogP contribution in [0.1, 0.15) is 46.0 Å². The monoisotopic (exact) mass is 212 g/mol. The van der Waals surface area contributed by atoms with Crippen molar-refractivity contribution in [2.24, 2.45) is 0 Å². The van der Waals surface area contributed by atoms with Crippen molar-refractivity contribution in [2.45, 2.75) is 63.9 Å². The minimum atomic E-state index is -0.469. The van der Waals surface area contributed by atoms with Gasteiger partial charge in [-0.05, 0) is 32.3 Å². The highest BCUT2D eigenvalue weighted by molar-refractivity contribution is 5.01. The van der Waals surface area contributed by atoms with Gasteiger partial charge in [-0.15, -0.1) is 0 Å². The molecule has 0 aromatic heterocycles. The van der Waals surface area contributed by atoms with Crippen molar-refractivity contribution in [3.63, 3.8) is 0 Å². The van der Waals surface area contributed by atoms with Crippen molar-refractivity contribution >= 4 is 0 Å². The van der Waals surface area contributed by atoms with Gasteiger partial charge in [0, 0.05) is 12.8 Å². The molecule has 1 saturated heterocycles. The molecule has 2 aliphatic rings. The highest BCUT2D eigenvalue weighted by Crippen LogP contribution is 2.38. The molecule has 0 amide bonds. The fraction of sp³-hybridized carbons (Fsp3) is 0.833. The van der Waals surface area contributed by atoms with Gasteiger partial charge in [0.05, 0.1) is 6.10 Å². The van der Waals surface area contributed by atoms with E-state index in [2.05, 4.69) is 6.58 Å². The lowest BCUT2D eigenvalue weighted by molar-refractivity contribution is -0.499. The van der Waals surface area contributed by atoms with E-state index in [0.29, 0.717) is 0 Å². The second-order valence-electron chi connectivity index (χ2n) is 4.74. The Bertz CT molecular complexity index is 243. The standard InChI is InChI=1S/C12H20O3/c1-9(2)11-10(3)13-12(15-14-11)7-5-4-6-8-12/h10-11H,1,4-8H2,2-3H3/t10-,11-/m1/s1. The maximum atomic E-state index is 5.98. The van der Waals surface area contributed by atoms with Gasteiger partial charge in [-0.3, -0.25) is 0 Å². The third kappa shape index (κ3) is 2.25. The van der Waals surface area contributed by atoms with Crippen molar-refractivity contribution in [2.75, 3.05) is 0 Å². The molecule has 2 atom stereocenters. The predicted octanol–water partition coefficient (Wildman–Crippen LogP) is 2.96. The van der Waals surface area contributed by atoms with Crippen LogP contribution in [0.2, 0.25) is 0 Å². The van der Waals surface area contributed by atoms with Crippen LogP contribution in [0, 0.1) is 0 Å². The smallest absolute Gasteiger partial charge is 0.201 e. The molecule has 3 heteroatoms. The third-order valence-corrected chi connectivity index (χ3v) is 3.23. The second kappa shape index (κ2) is 4.24. The Balaban J connectivity index is 2.00. The molecule has 1 aliphatic heterocycles. The summed E-state index contributed by atoms with van der Waals surface area (Å²) in [6, 6.07) is 0. The largest absolute Gasteiger partial charge is 0.341 e. The van der Waals surface area contributed by atoms with E-state index in [-0.39, 0.29) is 12.2 Å². The molecule has 0 aromatic carbocycles. The van der Waals surface area contributed by atoms with Crippen molar-refractivity contribution < 1.29 is 14.5 Å². The molecular formula is C12H20O3. The zero-order chi connectivity index (χ0) is 10.9.